The van der Waals surface area contributed by atoms with Gasteiger partial charge >= 0.3 is 0 Å². The molecule has 1 aromatic heterocycles. The third kappa shape index (κ3) is 2.22. The van der Waals surface area contributed by atoms with E-state index in [1.807, 2.05) is 18.3 Å². The molecular weight excluding hydrogens is 228 g/mol. The average Bonchev–Trinajstić information content (AvgIpc) is 2.37. The fourth-order valence-electron chi connectivity index (χ4n) is 2.66. The van der Waals surface area contributed by atoms with Crippen LogP contribution in [0.3, 0.4) is 0 Å². The first-order valence-electron chi connectivity index (χ1n) is 6.55. The highest BCUT2D eigenvalue weighted by Crippen LogP contribution is 2.46. The van der Waals surface area contributed by atoms with E-state index in [0.29, 0.717) is 0 Å². The maximum atomic E-state index is 5.78. The first-order chi connectivity index (χ1) is 8.77. The number of likely N-dealkylation sites (N-methyl/N-ethyl adjacent to an activating group) is 1. The third-order valence-electron chi connectivity index (χ3n) is 3.83. The second-order valence-electron chi connectivity index (χ2n) is 4.70. The second-order valence-corrected chi connectivity index (χ2v) is 4.70. The molecule has 1 atom stereocenters. The largest absolute Gasteiger partial charge is 0.495 e. The van der Waals surface area contributed by atoms with Crippen LogP contribution in [-0.4, -0.2) is 31.3 Å². The zero-order chi connectivity index (χ0) is 13.0. The van der Waals surface area contributed by atoms with Gasteiger partial charge in [-0.1, -0.05) is 6.92 Å². The zero-order valence-corrected chi connectivity index (χ0v) is 11.4. The molecule has 4 nitrogen and oxygen atoms in total. The summed E-state index contributed by atoms with van der Waals surface area (Å²) >= 11 is 0. The Kier molecular flexibility index (Phi) is 4.19. The van der Waals surface area contributed by atoms with Gasteiger partial charge < -0.3 is 14.8 Å². The van der Waals surface area contributed by atoms with Crippen LogP contribution in [0.2, 0.25) is 0 Å². The first kappa shape index (κ1) is 13.3. The van der Waals surface area contributed by atoms with E-state index in [9.17, 15) is 0 Å². The summed E-state index contributed by atoms with van der Waals surface area (Å²) in [5.41, 5.74) is 0.820. The Balaban J connectivity index is 2.34. The molecule has 1 aliphatic rings. The minimum Gasteiger partial charge on any atom is -0.495 e. The molecule has 18 heavy (non-hydrogen) atoms. The van der Waals surface area contributed by atoms with Crippen LogP contribution in [0.15, 0.2) is 18.3 Å². The number of nitrogens with zero attached hydrogens (tertiary/aromatic N) is 1. The van der Waals surface area contributed by atoms with Crippen LogP contribution >= 0.6 is 0 Å². The lowest BCUT2D eigenvalue weighted by Gasteiger charge is -2.46. The number of nitrogens with one attached hydrogen (secondary N) is 1. The topological polar surface area (TPSA) is 43.4 Å². The van der Waals surface area contributed by atoms with E-state index in [1.165, 1.54) is 6.42 Å². The summed E-state index contributed by atoms with van der Waals surface area (Å²) in [6.07, 6.45) is 5.16. The minimum atomic E-state index is -0.127. The van der Waals surface area contributed by atoms with Gasteiger partial charge in [-0.05, 0) is 37.9 Å². The van der Waals surface area contributed by atoms with Gasteiger partial charge in [0.1, 0.15) is 11.4 Å². The number of rotatable bonds is 6. The molecule has 1 aromatic rings. The standard InChI is InChI=1S/C14H22N2O2/c1-4-15-13(14(18-3)8-6-9-14)12-11(17-2)7-5-10-16-12/h5,7,10,13,15H,4,6,8-9H2,1-3H3. The van der Waals surface area contributed by atoms with Gasteiger partial charge in [0.2, 0.25) is 0 Å². The highest BCUT2D eigenvalue weighted by atomic mass is 16.5. The number of hydrogen-bond acceptors (Lipinski definition) is 4. The van der Waals surface area contributed by atoms with Crippen LogP contribution in [0.5, 0.6) is 5.75 Å². The van der Waals surface area contributed by atoms with Crippen molar-refractivity contribution in [3.63, 3.8) is 0 Å². The first-order valence-corrected chi connectivity index (χ1v) is 6.55. The number of pyridine rings is 1. The van der Waals surface area contributed by atoms with Gasteiger partial charge in [0.15, 0.2) is 0 Å². The maximum Gasteiger partial charge on any atom is 0.142 e. The SMILES string of the molecule is CCNC(c1ncccc1OC)C1(OC)CCC1. The zero-order valence-electron chi connectivity index (χ0n) is 11.4. The monoisotopic (exact) mass is 250 g/mol. The minimum absolute atomic E-state index is 0.0948. The molecule has 1 heterocycles. The van der Waals surface area contributed by atoms with Crippen molar-refractivity contribution in [1.82, 2.24) is 10.3 Å². The Morgan fingerprint density at radius 3 is 2.72 bits per heavy atom. The second kappa shape index (κ2) is 5.67. The van der Waals surface area contributed by atoms with Gasteiger partial charge in [-0.15, -0.1) is 0 Å². The molecule has 0 saturated heterocycles. The lowest BCUT2D eigenvalue weighted by molar-refractivity contribution is -0.101. The van der Waals surface area contributed by atoms with Crippen molar-refractivity contribution in [1.29, 1.82) is 0 Å². The van der Waals surface area contributed by atoms with Gasteiger partial charge in [0.05, 0.1) is 18.8 Å². The average molecular weight is 250 g/mol. The predicted octanol–water partition coefficient (Wildman–Crippen LogP) is 2.31. The summed E-state index contributed by atoms with van der Waals surface area (Å²) in [5.74, 6) is 0.826. The Morgan fingerprint density at radius 2 is 2.22 bits per heavy atom. The van der Waals surface area contributed by atoms with Crippen molar-refractivity contribution in [2.24, 2.45) is 0 Å². The molecule has 100 valence electrons. The van der Waals surface area contributed by atoms with Crippen LogP contribution in [0.1, 0.15) is 37.9 Å². The lowest BCUT2D eigenvalue weighted by atomic mass is 9.73. The van der Waals surface area contributed by atoms with E-state index in [2.05, 4.69) is 17.2 Å². The van der Waals surface area contributed by atoms with Gasteiger partial charge in [-0.25, -0.2) is 0 Å². The van der Waals surface area contributed by atoms with E-state index >= 15 is 0 Å². The summed E-state index contributed by atoms with van der Waals surface area (Å²) in [6, 6.07) is 3.94. The predicted molar refractivity (Wildman–Crippen MR) is 70.8 cm³/mol. The Hall–Kier alpha value is -1.13. The third-order valence-corrected chi connectivity index (χ3v) is 3.83. The van der Waals surface area contributed by atoms with Crippen LogP contribution in [0, 0.1) is 0 Å². The van der Waals surface area contributed by atoms with Crippen LogP contribution < -0.4 is 10.1 Å². The van der Waals surface area contributed by atoms with Crippen LogP contribution in [0.25, 0.3) is 0 Å². The van der Waals surface area contributed by atoms with E-state index < -0.39 is 0 Å². The Labute approximate surface area is 109 Å². The summed E-state index contributed by atoms with van der Waals surface area (Å²) in [6.45, 7) is 2.99. The summed E-state index contributed by atoms with van der Waals surface area (Å²) in [5, 5.41) is 3.50. The Morgan fingerprint density at radius 1 is 1.44 bits per heavy atom. The van der Waals surface area contributed by atoms with Gasteiger partial charge in [0, 0.05) is 13.3 Å². The fraction of sp³-hybridized carbons (Fsp3) is 0.643. The molecule has 0 radical (unpaired) electrons. The molecule has 1 N–H and O–H groups in total. The molecule has 1 saturated carbocycles. The molecule has 0 aromatic carbocycles. The molecule has 0 bridgehead atoms. The molecule has 0 spiro atoms. The van der Waals surface area contributed by atoms with Crippen molar-refractivity contribution < 1.29 is 9.47 Å². The van der Waals surface area contributed by atoms with Gasteiger partial charge in [-0.2, -0.15) is 0 Å². The molecule has 4 heteroatoms. The molecule has 0 amide bonds. The van der Waals surface area contributed by atoms with Crippen molar-refractivity contribution >= 4 is 0 Å². The van der Waals surface area contributed by atoms with E-state index in [-0.39, 0.29) is 11.6 Å². The quantitative estimate of drug-likeness (QED) is 0.841. The molecule has 1 unspecified atom stereocenters. The number of aromatic nitrogens is 1. The summed E-state index contributed by atoms with van der Waals surface area (Å²) in [4.78, 5) is 4.50. The fourth-order valence-corrected chi connectivity index (χ4v) is 2.66. The van der Waals surface area contributed by atoms with Crippen molar-refractivity contribution in [2.75, 3.05) is 20.8 Å². The van der Waals surface area contributed by atoms with Crippen molar-refractivity contribution in [3.05, 3.63) is 24.0 Å². The van der Waals surface area contributed by atoms with Crippen LogP contribution in [-0.2, 0) is 4.74 Å². The highest BCUT2D eigenvalue weighted by Gasteiger charge is 2.46. The molecule has 0 aliphatic heterocycles. The molecular formula is C14H22N2O2. The van der Waals surface area contributed by atoms with E-state index in [4.69, 9.17) is 9.47 Å². The summed E-state index contributed by atoms with van der Waals surface area (Å²) in [7, 11) is 3.47. The van der Waals surface area contributed by atoms with Crippen molar-refractivity contribution in [3.8, 4) is 5.75 Å². The van der Waals surface area contributed by atoms with Crippen molar-refractivity contribution in [2.45, 2.75) is 37.8 Å². The van der Waals surface area contributed by atoms with E-state index in [0.717, 1.165) is 30.8 Å². The lowest BCUT2D eigenvalue weighted by Crippen LogP contribution is -2.51. The normalized spacial score (nSPS) is 19.1. The molecule has 2 rings (SSSR count). The maximum absolute atomic E-state index is 5.78. The molecule has 1 fully saturated rings. The number of methoxy groups -OCH3 is 2. The molecule has 1 aliphatic carbocycles. The summed E-state index contributed by atoms with van der Waals surface area (Å²) < 4.78 is 11.2. The Bertz CT molecular complexity index is 386. The number of ether oxygens (including phenoxy) is 2. The van der Waals surface area contributed by atoms with Gasteiger partial charge in [-0.3, -0.25) is 4.98 Å². The van der Waals surface area contributed by atoms with Gasteiger partial charge in [0.25, 0.3) is 0 Å². The van der Waals surface area contributed by atoms with Crippen LogP contribution in [0.4, 0.5) is 0 Å². The smallest absolute Gasteiger partial charge is 0.142 e. The highest BCUT2D eigenvalue weighted by molar-refractivity contribution is 5.32. The number of hydrogen-bond donors (Lipinski definition) is 1. The van der Waals surface area contributed by atoms with E-state index in [1.54, 1.807) is 14.2 Å².